The van der Waals surface area contributed by atoms with Crippen LogP contribution < -0.4 is 0 Å². The number of hydrogen-bond donors (Lipinski definition) is 0. The van der Waals surface area contributed by atoms with Gasteiger partial charge in [-0.1, -0.05) is 0 Å². The molecule has 3 nitrogen and oxygen atoms in total. The third kappa shape index (κ3) is 2.52. The van der Waals surface area contributed by atoms with Crippen LogP contribution in [0.15, 0.2) is 0 Å². The van der Waals surface area contributed by atoms with E-state index in [0.29, 0.717) is 12.5 Å². The Morgan fingerprint density at radius 3 is 2.92 bits per heavy atom. The standard InChI is InChI=1S/C9H16N2OS/c1-8-9(2)13(12)7-6-11(8)5-3-4-10/h8-9H,3,5-7H2,1-2H3. The summed E-state index contributed by atoms with van der Waals surface area (Å²) >= 11 is 0. The Kier molecular flexibility index (Phi) is 3.89. The van der Waals surface area contributed by atoms with Gasteiger partial charge in [-0.3, -0.25) is 9.11 Å². The monoisotopic (exact) mass is 200 g/mol. The van der Waals surface area contributed by atoms with E-state index in [-0.39, 0.29) is 5.25 Å². The zero-order chi connectivity index (χ0) is 9.84. The Bertz CT molecular complexity index is 236. The summed E-state index contributed by atoms with van der Waals surface area (Å²) in [5, 5.41) is 8.71. The van der Waals surface area contributed by atoms with E-state index < -0.39 is 10.8 Å². The van der Waals surface area contributed by atoms with Crippen molar-refractivity contribution in [1.82, 2.24) is 4.90 Å². The van der Waals surface area contributed by atoms with Gasteiger partial charge in [-0.2, -0.15) is 5.26 Å². The van der Waals surface area contributed by atoms with Crippen molar-refractivity contribution in [2.75, 3.05) is 18.8 Å². The average Bonchev–Trinajstić information content (AvgIpc) is 2.13. The Labute approximate surface area is 82.2 Å². The molecular weight excluding hydrogens is 184 g/mol. The zero-order valence-electron chi connectivity index (χ0n) is 8.19. The highest BCUT2D eigenvalue weighted by Gasteiger charge is 2.29. The molecule has 0 bridgehead atoms. The molecule has 1 rings (SSSR count). The smallest absolute Gasteiger partial charge is 0.0635 e. The molecule has 0 aromatic carbocycles. The maximum absolute atomic E-state index is 11.4. The fourth-order valence-corrected chi connectivity index (χ4v) is 3.02. The van der Waals surface area contributed by atoms with Gasteiger partial charge in [0.25, 0.3) is 0 Å². The van der Waals surface area contributed by atoms with Crippen LogP contribution in [0.3, 0.4) is 0 Å². The van der Waals surface area contributed by atoms with Crippen molar-refractivity contribution in [3.8, 4) is 6.07 Å². The molecule has 0 amide bonds. The van der Waals surface area contributed by atoms with Crippen LogP contribution in [-0.4, -0.2) is 39.2 Å². The summed E-state index contributed by atoms with van der Waals surface area (Å²) in [6.07, 6.45) is 0.573. The van der Waals surface area contributed by atoms with Gasteiger partial charge >= 0.3 is 0 Å². The SMILES string of the molecule is CC1C(C)S(=O)CCN1CCC#N. The lowest BCUT2D eigenvalue weighted by Crippen LogP contribution is -2.49. The van der Waals surface area contributed by atoms with Crippen LogP contribution in [0.1, 0.15) is 20.3 Å². The van der Waals surface area contributed by atoms with Gasteiger partial charge in [0, 0.05) is 47.4 Å². The maximum atomic E-state index is 11.4. The van der Waals surface area contributed by atoms with Crippen LogP contribution in [0.2, 0.25) is 0 Å². The lowest BCUT2D eigenvalue weighted by Gasteiger charge is -2.36. The van der Waals surface area contributed by atoms with E-state index in [2.05, 4.69) is 17.9 Å². The molecule has 3 atom stereocenters. The molecule has 4 heteroatoms. The molecule has 74 valence electrons. The molecular formula is C9H16N2OS. The Morgan fingerprint density at radius 1 is 1.62 bits per heavy atom. The fraction of sp³-hybridized carbons (Fsp3) is 0.889. The van der Waals surface area contributed by atoms with Gasteiger partial charge in [0.15, 0.2) is 0 Å². The van der Waals surface area contributed by atoms with Crippen LogP contribution in [0, 0.1) is 11.3 Å². The van der Waals surface area contributed by atoms with Crippen molar-refractivity contribution in [3.63, 3.8) is 0 Å². The summed E-state index contributed by atoms with van der Waals surface area (Å²) in [5.41, 5.74) is 0. The van der Waals surface area contributed by atoms with Crippen LogP contribution >= 0.6 is 0 Å². The van der Waals surface area contributed by atoms with Gasteiger partial charge in [0.1, 0.15) is 0 Å². The lowest BCUT2D eigenvalue weighted by molar-refractivity contribution is 0.214. The minimum Gasteiger partial charge on any atom is -0.298 e. The highest BCUT2D eigenvalue weighted by molar-refractivity contribution is 7.85. The molecule has 13 heavy (non-hydrogen) atoms. The van der Waals surface area contributed by atoms with Gasteiger partial charge < -0.3 is 0 Å². The summed E-state index contributed by atoms with van der Waals surface area (Å²) in [4.78, 5) is 2.26. The Balaban J connectivity index is 2.49. The summed E-state index contributed by atoms with van der Waals surface area (Å²) < 4.78 is 11.4. The molecule has 0 spiro atoms. The van der Waals surface area contributed by atoms with Crippen molar-refractivity contribution < 1.29 is 4.21 Å². The van der Waals surface area contributed by atoms with Crippen molar-refractivity contribution in [3.05, 3.63) is 0 Å². The molecule has 1 heterocycles. The van der Waals surface area contributed by atoms with Crippen LogP contribution in [0.25, 0.3) is 0 Å². The molecule has 1 aliphatic heterocycles. The molecule has 1 saturated heterocycles. The first-order valence-corrected chi connectivity index (χ1v) is 6.03. The summed E-state index contributed by atoms with van der Waals surface area (Å²) in [7, 11) is -0.666. The predicted octanol–water partition coefficient (Wildman–Crippen LogP) is 0.741. The largest absolute Gasteiger partial charge is 0.298 e. The van der Waals surface area contributed by atoms with E-state index >= 15 is 0 Å². The van der Waals surface area contributed by atoms with Gasteiger partial charge in [0.05, 0.1) is 6.07 Å². The summed E-state index contributed by atoms with van der Waals surface area (Å²) in [6, 6.07) is 2.49. The van der Waals surface area contributed by atoms with E-state index in [0.717, 1.165) is 18.8 Å². The fourth-order valence-electron chi connectivity index (χ4n) is 1.62. The second-order valence-electron chi connectivity index (χ2n) is 3.47. The molecule has 0 aliphatic carbocycles. The van der Waals surface area contributed by atoms with Crippen molar-refractivity contribution in [2.45, 2.75) is 31.6 Å². The van der Waals surface area contributed by atoms with E-state index in [1.807, 2.05) is 6.92 Å². The van der Waals surface area contributed by atoms with Crippen LogP contribution in [0.4, 0.5) is 0 Å². The normalized spacial score (nSPS) is 35.6. The molecule has 1 aliphatic rings. The topological polar surface area (TPSA) is 44.1 Å². The second-order valence-corrected chi connectivity index (χ2v) is 5.39. The van der Waals surface area contributed by atoms with E-state index in [4.69, 9.17) is 5.26 Å². The van der Waals surface area contributed by atoms with Crippen LogP contribution in [0.5, 0.6) is 0 Å². The molecule has 1 fully saturated rings. The van der Waals surface area contributed by atoms with E-state index in [9.17, 15) is 4.21 Å². The van der Waals surface area contributed by atoms with Gasteiger partial charge in [0.2, 0.25) is 0 Å². The third-order valence-electron chi connectivity index (χ3n) is 2.76. The molecule has 3 unspecified atom stereocenters. The van der Waals surface area contributed by atoms with E-state index in [1.54, 1.807) is 0 Å². The predicted molar refractivity (Wildman–Crippen MR) is 53.7 cm³/mol. The van der Waals surface area contributed by atoms with Crippen molar-refractivity contribution in [1.29, 1.82) is 5.26 Å². The van der Waals surface area contributed by atoms with E-state index in [1.165, 1.54) is 0 Å². The third-order valence-corrected chi connectivity index (χ3v) is 4.57. The molecule has 0 saturated carbocycles. The highest BCUT2D eigenvalue weighted by atomic mass is 32.2. The Hall–Kier alpha value is -0.400. The minimum absolute atomic E-state index is 0.243. The Morgan fingerprint density at radius 2 is 2.31 bits per heavy atom. The maximum Gasteiger partial charge on any atom is 0.0635 e. The summed E-state index contributed by atoms with van der Waals surface area (Å²) in [6.45, 7) is 5.82. The first kappa shape index (κ1) is 10.7. The van der Waals surface area contributed by atoms with Crippen molar-refractivity contribution >= 4 is 10.8 Å². The summed E-state index contributed by atoms with van der Waals surface area (Å²) in [5.74, 6) is 0.761. The highest BCUT2D eigenvalue weighted by Crippen LogP contribution is 2.16. The number of nitrogens with zero attached hydrogens (tertiary/aromatic N) is 2. The first-order valence-electron chi connectivity index (χ1n) is 4.65. The quantitative estimate of drug-likeness (QED) is 0.660. The van der Waals surface area contributed by atoms with Gasteiger partial charge in [-0.15, -0.1) is 0 Å². The second kappa shape index (κ2) is 4.73. The molecule has 0 N–H and O–H groups in total. The van der Waals surface area contributed by atoms with Gasteiger partial charge in [-0.25, -0.2) is 0 Å². The van der Waals surface area contributed by atoms with Crippen LogP contribution in [-0.2, 0) is 10.8 Å². The zero-order valence-corrected chi connectivity index (χ0v) is 9.01. The number of nitriles is 1. The molecule has 0 radical (unpaired) electrons. The first-order chi connectivity index (χ1) is 6.16. The average molecular weight is 200 g/mol. The number of hydrogen-bond acceptors (Lipinski definition) is 3. The van der Waals surface area contributed by atoms with Gasteiger partial charge in [-0.05, 0) is 13.8 Å². The molecule has 0 aromatic heterocycles. The van der Waals surface area contributed by atoms with Crippen molar-refractivity contribution in [2.24, 2.45) is 0 Å². The minimum atomic E-state index is -0.666. The molecule has 0 aromatic rings. The number of rotatable bonds is 2. The lowest BCUT2D eigenvalue weighted by atomic mass is 10.2.